The van der Waals surface area contributed by atoms with Crippen molar-refractivity contribution in [2.75, 3.05) is 25.1 Å². The van der Waals surface area contributed by atoms with Gasteiger partial charge in [0, 0.05) is 13.2 Å². The van der Waals surface area contributed by atoms with Gasteiger partial charge in [-0.15, -0.1) is 12.4 Å². The van der Waals surface area contributed by atoms with Gasteiger partial charge in [-0.25, -0.2) is 4.39 Å². The van der Waals surface area contributed by atoms with E-state index in [0.29, 0.717) is 31.9 Å². The van der Waals surface area contributed by atoms with E-state index in [-0.39, 0.29) is 30.0 Å². The summed E-state index contributed by atoms with van der Waals surface area (Å²) in [4.78, 5) is 12.1. The number of hydrogen-bond donors (Lipinski definition) is 2. The van der Waals surface area contributed by atoms with E-state index in [0.717, 1.165) is 30.5 Å². The molecule has 116 valence electrons. The Kier molecular flexibility index (Phi) is 5.56. The second kappa shape index (κ2) is 7.20. The van der Waals surface area contributed by atoms with Crippen molar-refractivity contribution < 1.29 is 13.9 Å². The number of amides is 1. The predicted octanol–water partition coefficient (Wildman–Crippen LogP) is 2.26. The van der Waals surface area contributed by atoms with E-state index in [4.69, 9.17) is 4.74 Å². The molecule has 1 fully saturated rings. The predicted molar refractivity (Wildman–Crippen MR) is 81.2 cm³/mol. The molecule has 1 aromatic carbocycles. The molecule has 1 unspecified atom stereocenters. The summed E-state index contributed by atoms with van der Waals surface area (Å²) in [6.45, 7) is 2.61. The highest BCUT2D eigenvalue weighted by atomic mass is 35.5. The number of halogens is 2. The van der Waals surface area contributed by atoms with Crippen LogP contribution in [0.15, 0.2) is 12.1 Å². The fraction of sp³-hybridized carbons (Fsp3) is 0.533. The normalized spacial score (nSPS) is 21.1. The quantitative estimate of drug-likeness (QED) is 0.880. The lowest BCUT2D eigenvalue weighted by molar-refractivity contribution is -0.123. The summed E-state index contributed by atoms with van der Waals surface area (Å²) in [5.74, 6) is -0.590. The number of rotatable bonds is 2. The van der Waals surface area contributed by atoms with Crippen LogP contribution in [0.2, 0.25) is 0 Å². The monoisotopic (exact) mass is 314 g/mol. The van der Waals surface area contributed by atoms with Crippen LogP contribution in [-0.2, 0) is 22.5 Å². The van der Waals surface area contributed by atoms with Gasteiger partial charge in [-0.1, -0.05) is 6.07 Å². The maximum atomic E-state index is 14.4. The van der Waals surface area contributed by atoms with Crippen molar-refractivity contribution in [3.63, 3.8) is 0 Å². The van der Waals surface area contributed by atoms with Gasteiger partial charge in [0.25, 0.3) is 0 Å². The lowest BCUT2D eigenvalue weighted by Gasteiger charge is -2.23. The molecule has 1 atom stereocenters. The number of ether oxygens (including phenoxy) is 1. The number of carbonyl (C=O) groups is 1. The summed E-state index contributed by atoms with van der Waals surface area (Å²) in [6, 6.07) is 3.54. The van der Waals surface area contributed by atoms with Crippen LogP contribution in [0.1, 0.15) is 24.0 Å². The Morgan fingerprint density at radius 3 is 3.05 bits per heavy atom. The SMILES string of the molecule is Cl.O=C(Nc1ccc2c(c1F)CCNC2)C1CCCOC1. The van der Waals surface area contributed by atoms with Crippen molar-refractivity contribution in [2.24, 2.45) is 5.92 Å². The number of anilines is 1. The first kappa shape index (κ1) is 16.2. The molecule has 0 aliphatic carbocycles. The number of carbonyl (C=O) groups excluding carboxylic acids is 1. The summed E-state index contributed by atoms with van der Waals surface area (Å²) in [5.41, 5.74) is 2.00. The van der Waals surface area contributed by atoms with Gasteiger partial charge in [0.15, 0.2) is 0 Å². The highest BCUT2D eigenvalue weighted by Crippen LogP contribution is 2.25. The molecule has 0 bridgehead atoms. The second-order valence-corrected chi connectivity index (χ2v) is 5.39. The zero-order valence-corrected chi connectivity index (χ0v) is 12.6. The molecule has 21 heavy (non-hydrogen) atoms. The lowest BCUT2D eigenvalue weighted by Crippen LogP contribution is -2.31. The van der Waals surface area contributed by atoms with Gasteiger partial charge in [0.2, 0.25) is 5.91 Å². The topological polar surface area (TPSA) is 50.4 Å². The van der Waals surface area contributed by atoms with Crippen LogP contribution >= 0.6 is 12.4 Å². The van der Waals surface area contributed by atoms with Crippen LogP contribution < -0.4 is 10.6 Å². The molecule has 3 rings (SSSR count). The largest absolute Gasteiger partial charge is 0.381 e. The fourth-order valence-corrected chi connectivity index (χ4v) is 2.81. The highest BCUT2D eigenvalue weighted by Gasteiger charge is 2.24. The molecule has 1 amide bonds. The molecular formula is C15H20ClFN2O2. The Labute approximate surface area is 129 Å². The Hall–Kier alpha value is -1.17. The summed E-state index contributed by atoms with van der Waals surface area (Å²) in [6.07, 6.45) is 2.36. The third-order valence-electron chi connectivity index (χ3n) is 4.00. The number of benzene rings is 1. The van der Waals surface area contributed by atoms with Gasteiger partial charge in [0.1, 0.15) is 5.82 Å². The molecule has 0 spiro atoms. The molecular weight excluding hydrogens is 295 g/mol. The van der Waals surface area contributed by atoms with Gasteiger partial charge in [-0.3, -0.25) is 4.79 Å². The minimum absolute atomic E-state index is 0. The van der Waals surface area contributed by atoms with E-state index < -0.39 is 0 Å². The van der Waals surface area contributed by atoms with Gasteiger partial charge in [0.05, 0.1) is 18.2 Å². The summed E-state index contributed by atoms with van der Waals surface area (Å²) >= 11 is 0. The minimum atomic E-state index is -0.283. The molecule has 2 aliphatic rings. The first-order valence-electron chi connectivity index (χ1n) is 7.15. The van der Waals surface area contributed by atoms with Crippen molar-refractivity contribution in [1.82, 2.24) is 5.32 Å². The van der Waals surface area contributed by atoms with Crippen LogP contribution in [0.25, 0.3) is 0 Å². The van der Waals surface area contributed by atoms with Crippen LogP contribution in [0.5, 0.6) is 0 Å². The van der Waals surface area contributed by atoms with Crippen molar-refractivity contribution in [3.05, 3.63) is 29.1 Å². The molecule has 0 radical (unpaired) electrons. The van der Waals surface area contributed by atoms with E-state index in [1.807, 2.05) is 6.07 Å². The summed E-state index contributed by atoms with van der Waals surface area (Å²) < 4.78 is 19.7. The molecule has 2 aliphatic heterocycles. The van der Waals surface area contributed by atoms with Crippen LogP contribution in [0.4, 0.5) is 10.1 Å². The van der Waals surface area contributed by atoms with Crippen molar-refractivity contribution in [3.8, 4) is 0 Å². The van der Waals surface area contributed by atoms with Gasteiger partial charge in [-0.05, 0) is 43.0 Å². The molecule has 1 aromatic rings. The lowest BCUT2D eigenvalue weighted by atomic mass is 9.98. The molecule has 1 saturated heterocycles. The molecule has 2 heterocycles. The first-order chi connectivity index (χ1) is 9.75. The smallest absolute Gasteiger partial charge is 0.229 e. The Balaban J connectivity index is 0.00000161. The Morgan fingerprint density at radius 1 is 1.43 bits per heavy atom. The van der Waals surface area contributed by atoms with Gasteiger partial charge < -0.3 is 15.4 Å². The van der Waals surface area contributed by atoms with Crippen molar-refractivity contribution in [2.45, 2.75) is 25.8 Å². The van der Waals surface area contributed by atoms with E-state index in [2.05, 4.69) is 10.6 Å². The fourth-order valence-electron chi connectivity index (χ4n) is 2.81. The third kappa shape index (κ3) is 3.54. The highest BCUT2D eigenvalue weighted by molar-refractivity contribution is 5.93. The second-order valence-electron chi connectivity index (χ2n) is 5.39. The standard InChI is InChI=1S/C15H19FN2O2.ClH/c16-14-12-5-6-17-8-10(12)3-4-13(14)18-15(19)11-2-1-7-20-9-11;/h3-4,11,17H,1-2,5-9H2,(H,18,19);1H. The molecule has 2 N–H and O–H groups in total. The van der Waals surface area contributed by atoms with Crippen LogP contribution in [0.3, 0.4) is 0 Å². The maximum absolute atomic E-state index is 14.4. The molecule has 0 aromatic heterocycles. The van der Waals surface area contributed by atoms with Crippen molar-refractivity contribution >= 4 is 24.0 Å². The van der Waals surface area contributed by atoms with Crippen LogP contribution in [-0.4, -0.2) is 25.7 Å². The zero-order valence-electron chi connectivity index (χ0n) is 11.8. The van der Waals surface area contributed by atoms with E-state index in [1.165, 1.54) is 0 Å². The number of hydrogen-bond acceptors (Lipinski definition) is 3. The van der Waals surface area contributed by atoms with Crippen molar-refractivity contribution in [1.29, 1.82) is 0 Å². The van der Waals surface area contributed by atoms with Crippen LogP contribution in [0, 0.1) is 11.7 Å². The first-order valence-corrected chi connectivity index (χ1v) is 7.15. The molecule has 4 nitrogen and oxygen atoms in total. The molecule has 0 saturated carbocycles. The average molecular weight is 315 g/mol. The minimum Gasteiger partial charge on any atom is -0.381 e. The van der Waals surface area contributed by atoms with E-state index in [1.54, 1.807) is 6.07 Å². The number of nitrogens with one attached hydrogen (secondary N) is 2. The number of fused-ring (bicyclic) bond motifs is 1. The maximum Gasteiger partial charge on any atom is 0.229 e. The third-order valence-corrected chi connectivity index (χ3v) is 4.00. The van der Waals surface area contributed by atoms with E-state index in [9.17, 15) is 9.18 Å². The summed E-state index contributed by atoms with van der Waals surface area (Å²) in [7, 11) is 0. The van der Waals surface area contributed by atoms with Gasteiger partial charge >= 0.3 is 0 Å². The van der Waals surface area contributed by atoms with Gasteiger partial charge in [-0.2, -0.15) is 0 Å². The Bertz CT molecular complexity index is 519. The van der Waals surface area contributed by atoms with E-state index >= 15 is 0 Å². The molecule has 6 heteroatoms. The Morgan fingerprint density at radius 2 is 2.29 bits per heavy atom. The zero-order chi connectivity index (χ0) is 13.9. The average Bonchev–Trinajstić information content (AvgIpc) is 2.51. The summed E-state index contributed by atoms with van der Waals surface area (Å²) in [5, 5.41) is 5.93.